The van der Waals surface area contributed by atoms with Gasteiger partial charge < -0.3 is 14.8 Å². The molecule has 3 N–H and O–H groups in total. The molecule has 5 amide bonds. The van der Waals surface area contributed by atoms with Crippen molar-refractivity contribution in [3.05, 3.63) is 56.1 Å². The number of para-hydroxylation sites is 1. The first kappa shape index (κ1) is 23.5. The molecular formula is C21H17ClIN3O6. The summed E-state index contributed by atoms with van der Waals surface area (Å²) in [5.41, 5.74) is 0.711. The predicted octanol–water partition coefficient (Wildman–Crippen LogP) is 3.11. The third-order valence-electron chi connectivity index (χ3n) is 4.08. The molecule has 1 saturated heterocycles. The van der Waals surface area contributed by atoms with Crippen LogP contribution in [0.2, 0.25) is 5.02 Å². The number of barbiturate groups is 1. The average Bonchev–Trinajstić information content (AvgIpc) is 2.72. The Hall–Kier alpha value is -3.12. The lowest BCUT2D eigenvalue weighted by molar-refractivity contribution is -0.124. The average molecular weight is 570 g/mol. The number of benzene rings is 2. The van der Waals surface area contributed by atoms with E-state index in [1.807, 2.05) is 33.2 Å². The number of hydrogen-bond acceptors (Lipinski definition) is 6. The molecule has 0 aliphatic carbocycles. The Morgan fingerprint density at radius 3 is 2.47 bits per heavy atom. The van der Waals surface area contributed by atoms with Gasteiger partial charge in [-0.3, -0.25) is 25.0 Å². The highest BCUT2D eigenvalue weighted by Crippen LogP contribution is 2.35. The molecular weight excluding hydrogens is 553 g/mol. The van der Waals surface area contributed by atoms with Crippen molar-refractivity contribution in [1.82, 2.24) is 10.6 Å². The number of imide groups is 2. The van der Waals surface area contributed by atoms with Gasteiger partial charge in [0.2, 0.25) is 0 Å². The minimum atomic E-state index is -0.874. The monoisotopic (exact) mass is 569 g/mol. The molecule has 0 radical (unpaired) electrons. The van der Waals surface area contributed by atoms with Crippen molar-refractivity contribution in [2.45, 2.75) is 6.92 Å². The number of amides is 5. The maximum Gasteiger partial charge on any atom is 0.328 e. The van der Waals surface area contributed by atoms with E-state index in [9.17, 15) is 19.2 Å². The first-order chi connectivity index (χ1) is 15.3. The fraction of sp³-hybridized carbons (Fsp3) is 0.143. The van der Waals surface area contributed by atoms with Crippen LogP contribution in [0, 0.1) is 3.57 Å². The van der Waals surface area contributed by atoms with Crippen LogP contribution < -0.4 is 25.4 Å². The van der Waals surface area contributed by atoms with E-state index in [2.05, 4.69) is 5.32 Å². The predicted molar refractivity (Wildman–Crippen MR) is 126 cm³/mol. The van der Waals surface area contributed by atoms with E-state index < -0.39 is 23.8 Å². The van der Waals surface area contributed by atoms with Crippen LogP contribution >= 0.6 is 34.2 Å². The quantitative estimate of drug-likeness (QED) is 0.268. The Kier molecular flexibility index (Phi) is 7.70. The molecule has 0 saturated carbocycles. The molecule has 11 heteroatoms. The van der Waals surface area contributed by atoms with E-state index >= 15 is 0 Å². The van der Waals surface area contributed by atoms with Gasteiger partial charge in [0.25, 0.3) is 17.7 Å². The third-order valence-corrected chi connectivity index (χ3v) is 5.21. The van der Waals surface area contributed by atoms with Gasteiger partial charge in [0.05, 0.1) is 20.9 Å². The first-order valence-corrected chi connectivity index (χ1v) is 10.8. The van der Waals surface area contributed by atoms with Gasteiger partial charge in [-0.2, -0.15) is 0 Å². The highest BCUT2D eigenvalue weighted by atomic mass is 127. The summed E-state index contributed by atoms with van der Waals surface area (Å²) in [6, 6.07) is 9.16. The van der Waals surface area contributed by atoms with Crippen molar-refractivity contribution in [2.24, 2.45) is 0 Å². The topological polar surface area (TPSA) is 123 Å². The van der Waals surface area contributed by atoms with E-state index in [1.54, 1.807) is 43.3 Å². The molecule has 0 atom stereocenters. The second-order valence-corrected chi connectivity index (χ2v) is 7.94. The Bertz CT molecular complexity index is 1110. The highest BCUT2D eigenvalue weighted by molar-refractivity contribution is 14.1. The fourth-order valence-corrected chi connectivity index (χ4v) is 3.70. The van der Waals surface area contributed by atoms with Crippen LogP contribution in [0.3, 0.4) is 0 Å². The van der Waals surface area contributed by atoms with Crippen LogP contribution in [0.25, 0.3) is 6.08 Å². The number of urea groups is 1. The maximum atomic E-state index is 12.3. The molecule has 0 aromatic heterocycles. The van der Waals surface area contributed by atoms with E-state index in [0.717, 1.165) is 0 Å². The van der Waals surface area contributed by atoms with E-state index in [4.69, 9.17) is 21.1 Å². The lowest BCUT2D eigenvalue weighted by Crippen LogP contribution is -2.51. The van der Waals surface area contributed by atoms with E-state index in [-0.39, 0.29) is 12.2 Å². The van der Waals surface area contributed by atoms with Gasteiger partial charge in [-0.1, -0.05) is 23.7 Å². The zero-order valence-electron chi connectivity index (χ0n) is 16.7. The lowest BCUT2D eigenvalue weighted by atomic mass is 10.1. The lowest BCUT2D eigenvalue weighted by Gasteiger charge is -2.16. The van der Waals surface area contributed by atoms with Crippen LogP contribution in [0.5, 0.6) is 11.5 Å². The molecule has 1 aliphatic rings. The standard InChI is InChI=1S/C21H17ClIN3O6/c1-2-31-16-9-11(7-12-19(28)25-21(30)26-20(12)29)8-14(23)18(16)32-10-17(27)24-15-6-4-3-5-13(15)22/h3-9H,2,10H2,1H3,(H,24,27)(H2,25,26,28,29,30). The Balaban J connectivity index is 1.80. The van der Waals surface area contributed by atoms with Crippen LogP contribution in [0.4, 0.5) is 10.5 Å². The summed E-state index contributed by atoms with van der Waals surface area (Å²) in [5.74, 6) is -1.37. The minimum Gasteiger partial charge on any atom is -0.490 e. The second-order valence-electron chi connectivity index (χ2n) is 6.38. The number of rotatable bonds is 7. The third kappa shape index (κ3) is 5.77. The molecule has 0 spiro atoms. The van der Waals surface area contributed by atoms with Gasteiger partial charge in [-0.25, -0.2) is 4.79 Å². The fourth-order valence-electron chi connectivity index (χ4n) is 2.73. The van der Waals surface area contributed by atoms with Crippen molar-refractivity contribution < 1.29 is 28.7 Å². The number of carbonyl (C=O) groups is 4. The summed E-state index contributed by atoms with van der Waals surface area (Å²) < 4.78 is 11.9. The molecule has 1 heterocycles. The number of anilines is 1. The second kappa shape index (κ2) is 10.5. The molecule has 9 nitrogen and oxygen atoms in total. The van der Waals surface area contributed by atoms with Gasteiger partial charge in [-0.15, -0.1) is 0 Å². The van der Waals surface area contributed by atoms with Gasteiger partial charge in [0, 0.05) is 0 Å². The number of ether oxygens (including phenoxy) is 2. The van der Waals surface area contributed by atoms with Crippen LogP contribution in [0.15, 0.2) is 42.0 Å². The normalized spacial score (nSPS) is 13.2. The maximum absolute atomic E-state index is 12.3. The summed E-state index contributed by atoms with van der Waals surface area (Å²) in [4.78, 5) is 47.4. The number of hydrogen-bond donors (Lipinski definition) is 3. The summed E-state index contributed by atoms with van der Waals surface area (Å²) in [6.07, 6.45) is 1.33. The smallest absolute Gasteiger partial charge is 0.328 e. The number of carbonyl (C=O) groups excluding carboxylic acids is 4. The van der Waals surface area contributed by atoms with Gasteiger partial charge in [0.15, 0.2) is 18.1 Å². The molecule has 2 aromatic carbocycles. The molecule has 3 rings (SSSR count). The molecule has 0 bridgehead atoms. The number of halogens is 2. The van der Waals surface area contributed by atoms with Crippen LogP contribution in [-0.4, -0.2) is 37.0 Å². The Morgan fingerprint density at radius 1 is 1.12 bits per heavy atom. The Labute approximate surface area is 201 Å². The summed E-state index contributed by atoms with van der Waals surface area (Å²) in [7, 11) is 0. The van der Waals surface area contributed by atoms with Crippen molar-refractivity contribution >= 4 is 69.7 Å². The van der Waals surface area contributed by atoms with Crippen molar-refractivity contribution in [3.63, 3.8) is 0 Å². The summed E-state index contributed by atoms with van der Waals surface area (Å²) >= 11 is 8.04. The van der Waals surface area contributed by atoms with E-state index in [1.165, 1.54) is 6.08 Å². The molecule has 166 valence electrons. The van der Waals surface area contributed by atoms with Gasteiger partial charge in [0.1, 0.15) is 5.57 Å². The summed E-state index contributed by atoms with van der Waals surface area (Å²) in [5, 5.41) is 7.09. The van der Waals surface area contributed by atoms with Crippen LogP contribution in [0.1, 0.15) is 12.5 Å². The zero-order valence-corrected chi connectivity index (χ0v) is 19.6. The molecule has 1 aliphatic heterocycles. The minimum absolute atomic E-state index is 0.226. The van der Waals surface area contributed by atoms with Crippen molar-refractivity contribution in [3.8, 4) is 11.5 Å². The largest absolute Gasteiger partial charge is 0.490 e. The first-order valence-electron chi connectivity index (χ1n) is 9.30. The SMILES string of the molecule is CCOc1cc(C=C2C(=O)NC(=O)NC2=O)cc(I)c1OCC(=O)Nc1ccccc1Cl. The molecule has 2 aromatic rings. The van der Waals surface area contributed by atoms with Gasteiger partial charge >= 0.3 is 6.03 Å². The highest BCUT2D eigenvalue weighted by Gasteiger charge is 2.28. The van der Waals surface area contributed by atoms with Gasteiger partial charge in [-0.05, 0) is 65.4 Å². The van der Waals surface area contributed by atoms with Crippen LogP contribution in [-0.2, 0) is 14.4 Å². The molecule has 32 heavy (non-hydrogen) atoms. The summed E-state index contributed by atoms with van der Waals surface area (Å²) in [6.45, 7) is 1.79. The van der Waals surface area contributed by atoms with Crippen molar-refractivity contribution in [1.29, 1.82) is 0 Å². The molecule has 0 unspecified atom stereocenters. The molecule has 1 fully saturated rings. The van der Waals surface area contributed by atoms with Crippen molar-refractivity contribution in [2.75, 3.05) is 18.5 Å². The zero-order chi connectivity index (χ0) is 23.3. The Morgan fingerprint density at radius 2 is 1.81 bits per heavy atom. The number of nitrogens with one attached hydrogen (secondary N) is 3. The van der Waals surface area contributed by atoms with E-state index in [0.29, 0.717) is 37.9 Å².